The van der Waals surface area contributed by atoms with Gasteiger partial charge in [-0.2, -0.15) is 9.78 Å². The number of pyridine rings is 2. The lowest BCUT2D eigenvalue weighted by Gasteiger charge is -2.34. The molecule has 0 aliphatic carbocycles. The monoisotopic (exact) mass is 499 g/mol. The number of amides is 1. The zero-order valence-corrected chi connectivity index (χ0v) is 19.7. The third kappa shape index (κ3) is 3.84. The van der Waals surface area contributed by atoms with E-state index in [4.69, 9.17) is 4.74 Å². The lowest BCUT2D eigenvalue weighted by atomic mass is 10.1. The Hall–Kier alpha value is -5.14. The van der Waals surface area contributed by atoms with Crippen LogP contribution in [0, 0.1) is 0 Å². The van der Waals surface area contributed by atoms with Crippen LogP contribution in [0.15, 0.2) is 49.1 Å². The normalized spacial score (nSPS) is 13.8. The molecule has 1 saturated heterocycles. The molecule has 5 aromatic heterocycles. The van der Waals surface area contributed by atoms with Gasteiger partial charge in [0, 0.05) is 44.8 Å². The smallest absolute Gasteiger partial charge is 0.295 e. The number of ketones is 1. The molecule has 1 amide bonds. The average Bonchev–Trinajstić information content (AvgIpc) is 3.73. The van der Waals surface area contributed by atoms with E-state index in [9.17, 15) is 9.59 Å². The minimum atomic E-state index is -0.627. The van der Waals surface area contributed by atoms with Gasteiger partial charge in [-0.3, -0.25) is 14.7 Å². The Balaban J connectivity index is 1.22. The molecule has 6 heterocycles. The summed E-state index contributed by atoms with van der Waals surface area (Å²) in [5.74, 6) is 0.289. The molecule has 14 heteroatoms. The van der Waals surface area contributed by atoms with Crippen molar-refractivity contribution in [3.05, 3.63) is 54.6 Å². The van der Waals surface area contributed by atoms with E-state index in [1.807, 2.05) is 17.0 Å². The summed E-state index contributed by atoms with van der Waals surface area (Å²) < 4.78 is 7.01. The van der Waals surface area contributed by atoms with Crippen LogP contribution < -0.4 is 9.64 Å². The number of carbonyl (C=O) groups is 2. The van der Waals surface area contributed by atoms with E-state index >= 15 is 0 Å². The van der Waals surface area contributed by atoms with Crippen LogP contribution in [-0.2, 0) is 4.79 Å². The van der Waals surface area contributed by atoms with Gasteiger partial charge in [-0.1, -0.05) is 11.2 Å². The van der Waals surface area contributed by atoms with Gasteiger partial charge in [0.25, 0.3) is 17.6 Å². The average molecular weight is 499 g/mol. The second kappa shape index (κ2) is 9.14. The molecule has 0 saturated carbocycles. The van der Waals surface area contributed by atoms with Crippen LogP contribution in [0.5, 0.6) is 5.75 Å². The molecule has 0 bridgehead atoms. The number of fused-ring (bicyclic) bond motifs is 1. The van der Waals surface area contributed by atoms with Crippen LogP contribution >= 0.6 is 0 Å². The Labute approximate surface area is 209 Å². The second-order valence-corrected chi connectivity index (χ2v) is 8.28. The van der Waals surface area contributed by atoms with Crippen molar-refractivity contribution in [1.82, 2.24) is 50.3 Å². The van der Waals surface area contributed by atoms with E-state index < -0.39 is 11.7 Å². The van der Waals surface area contributed by atoms with Gasteiger partial charge >= 0.3 is 0 Å². The number of piperazine rings is 1. The Morgan fingerprint density at radius 2 is 1.92 bits per heavy atom. The molecular weight excluding hydrogens is 478 g/mol. The maximum atomic E-state index is 13.4. The number of hydrogen-bond acceptors (Lipinski definition) is 10. The summed E-state index contributed by atoms with van der Waals surface area (Å²) in [4.78, 5) is 41.9. The maximum Gasteiger partial charge on any atom is 0.295 e. The third-order valence-corrected chi connectivity index (χ3v) is 6.26. The van der Waals surface area contributed by atoms with E-state index in [0.717, 1.165) is 0 Å². The highest BCUT2D eigenvalue weighted by Gasteiger charge is 2.31. The van der Waals surface area contributed by atoms with Crippen molar-refractivity contribution in [1.29, 1.82) is 0 Å². The number of aromatic amines is 2. The van der Waals surface area contributed by atoms with Gasteiger partial charge in [-0.05, 0) is 28.6 Å². The number of nitrogens with zero attached hydrogens (tertiary/aromatic N) is 9. The first-order valence-corrected chi connectivity index (χ1v) is 11.5. The number of methoxy groups -OCH3 is 1. The molecule has 6 rings (SSSR count). The molecule has 0 unspecified atom stereocenters. The van der Waals surface area contributed by atoms with Crippen LogP contribution in [-0.4, -0.2) is 95.2 Å². The number of carbonyl (C=O) groups excluding carboxylic acids is 2. The molecule has 1 fully saturated rings. The van der Waals surface area contributed by atoms with Crippen LogP contribution in [0.4, 0.5) is 5.95 Å². The molecule has 14 nitrogen and oxygen atoms in total. The lowest BCUT2D eigenvalue weighted by molar-refractivity contribution is -0.126. The van der Waals surface area contributed by atoms with Crippen molar-refractivity contribution in [2.75, 3.05) is 38.2 Å². The number of nitrogens with one attached hydrogen (secondary N) is 2. The number of ether oxygens (including phenoxy) is 1. The molecule has 0 spiro atoms. The molecule has 5 aromatic rings. The minimum Gasteiger partial charge on any atom is -0.494 e. The van der Waals surface area contributed by atoms with Gasteiger partial charge < -0.3 is 19.5 Å². The summed E-state index contributed by atoms with van der Waals surface area (Å²) in [6.07, 6.45) is 6.32. The number of H-pyrrole nitrogens is 2. The van der Waals surface area contributed by atoms with E-state index in [1.165, 1.54) is 24.4 Å². The minimum absolute atomic E-state index is 0.224. The predicted octanol–water partition coefficient (Wildman–Crippen LogP) is 0.864. The molecule has 2 N–H and O–H groups in total. The van der Waals surface area contributed by atoms with Gasteiger partial charge in [0.05, 0.1) is 35.5 Å². The highest BCUT2D eigenvalue weighted by molar-refractivity contribution is 6.45. The summed E-state index contributed by atoms with van der Waals surface area (Å²) in [5.41, 5.74) is 2.04. The lowest BCUT2D eigenvalue weighted by Crippen LogP contribution is -2.51. The van der Waals surface area contributed by atoms with Crippen LogP contribution in [0.25, 0.3) is 28.1 Å². The first-order chi connectivity index (χ1) is 18.2. The maximum absolute atomic E-state index is 13.4. The molecular formula is C23H21N11O3. The fourth-order valence-corrected chi connectivity index (χ4v) is 4.42. The fourth-order valence-electron chi connectivity index (χ4n) is 4.42. The first kappa shape index (κ1) is 22.3. The molecule has 0 radical (unpaired) electrons. The number of rotatable bonds is 6. The van der Waals surface area contributed by atoms with Gasteiger partial charge in [0.1, 0.15) is 11.4 Å². The molecule has 1 aliphatic heterocycles. The zero-order chi connectivity index (χ0) is 25.4. The van der Waals surface area contributed by atoms with Crippen LogP contribution in [0.3, 0.4) is 0 Å². The predicted molar refractivity (Wildman–Crippen MR) is 130 cm³/mol. The van der Waals surface area contributed by atoms with Crippen molar-refractivity contribution in [3.63, 3.8) is 0 Å². The van der Waals surface area contributed by atoms with Crippen molar-refractivity contribution in [3.8, 4) is 23.0 Å². The first-order valence-electron chi connectivity index (χ1n) is 11.5. The summed E-state index contributed by atoms with van der Waals surface area (Å²) in [5, 5.41) is 19.3. The molecule has 1 aliphatic rings. The topological polar surface area (TPSA) is 164 Å². The van der Waals surface area contributed by atoms with Gasteiger partial charge in [-0.25, -0.2) is 9.97 Å². The standard InChI is InChI=1S/C23H21N11O3/c1-37-16-13-26-19(15-5-7-27-28-15)20-18(16)14(12-25-20)21(35)22(36)32-8-10-33(11-9-32)23-29-30-31-34(23)17-4-2-3-6-24-17/h2-7,12-13,25H,8-11H2,1H3,(H,27,28). The molecule has 0 atom stereocenters. The van der Waals surface area contributed by atoms with Gasteiger partial charge in [0.15, 0.2) is 5.82 Å². The Kier molecular flexibility index (Phi) is 5.52. The number of Topliss-reactive ketones (excluding diaryl/α,β-unsaturated/α-hetero) is 1. The second-order valence-electron chi connectivity index (χ2n) is 8.28. The highest BCUT2D eigenvalue weighted by atomic mass is 16.5. The van der Waals surface area contributed by atoms with Gasteiger partial charge in [0.2, 0.25) is 0 Å². The quantitative estimate of drug-likeness (QED) is 0.253. The van der Waals surface area contributed by atoms with Crippen molar-refractivity contribution < 1.29 is 14.3 Å². The molecule has 0 aromatic carbocycles. The van der Waals surface area contributed by atoms with E-state index in [0.29, 0.717) is 66.0 Å². The van der Waals surface area contributed by atoms with E-state index in [-0.39, 0.29) is 5.56 Å². The summed E-state index contributed by atoms with van der Waals surface area (Å²) in [6, 6.07) is 7.24. The Morgan fingerprint density at radius 3 is 2.65 bits per heavy atom. The number of anilines is 1. The van der Waals surface area contributed by atoms with Crippen LogP contribution in [0.1, 0.15) is 10.4 Å². The van der Waals surface area contributed by atoms with Crippen molar-refractivity contribution >= 4 is 28.5 Å². The summed E-state index contributed by atoms with van der Waals surface area (Å²) in [6.45, 7) is 1.58. The van der Waals surface area contributed by atoms with Crippen LogP contribution in [0.2, 0.25) is 0 Å². The largest absolute Gasteiger partial charge is 0.494 e. The summed E-state index contributed by atoms with van der Waals surface area (Å²) >= 11 is 0. The Morgan fingerprint density at radius 1 is 1.05 bits per heavy atom. The van der Waals surface area contributed by atoms with Crippen molar-refractivity contribution in [2.24, 2.45) is 0 Å². The third-order valence-electron chi connectivity index (χ3n) is 6.26. The Bertz CT molecular complexity index is 1570. The SMILES string of the molecule is COc1cnc(-c2ccn[nH]2)c2[nH]cc(C(=O)C(=O)N3CCN(c4nnnn4-c4ccccn4)CC3)c12. The van der Waals surface area contributed by atoms with Crippen molar-refractivity contribution in [2.45, 2.75) is 0 Å². The zero-order valence-electron chi connectivity index (χ0n) is 19.7. The number of tetrazole rings is 1. The number of aromatic nitrogens is 9. The fraction of sp³-hybridized carbons (Fsp3) is 0.217. The number of hydrogen-bond donors (Lipinski definition) is 2. The van der Waals surface area contributed by atoms with E-state index in [2.05, 4.69) is 40.7 Å². The summed E-state index contributed by atoms with van der Waals surface area (Å²) in [7, 11) is 1.49. The molecule has 37 heavy (non-hydrogen) atoms. The van der Waals surface area contributed by atoms with Gasteiger partial charge in [-0.15, -0.1) is 0 Å². The molecule has 186 valence electrons. The highest BCUT2D eigenvalue weighted by Crippen LogP contribution is 2.34. The van der Waals surface area contributed by atoms with E-state index in [1.54, 1.807) is 29.2 Å².